The van der Waals surface area contributed by atoms with Gasteiger partial charge in [-0.1, -0.05) is 0 Å². The van der Waals surface area contributed by atoms with Gasteiger partial charge in [-0.25, -0.2) is 9.37 Å². The van der Waals surface area contributed by atoms with Crippen LogP contribution in [0.15, 0.2) is 23.0 Å². The van der Waals surface area contributed by atoms with Crippen LogP contribution in [0.4, 0.5) is 4.39 Å². The standard InChI is InChI=1S/C12H10FIN2O2/c1-6-10(14)12(17)16-11(15-6)7-3-4-8(13)9(5-7)18-2/h3-5H,1-2H3,(H,15,16,17). The number of H-pyrrole nitrogens is 1. The van der Waals surface area contributed by atoms with Crippen molar-refractivity contribution >= 4 is 22.6 Å². The SMILES string of the molecule is COc1cc(-c2nc(C)c(I)c(=O)[nH]2)ccc1F. The first-order valence-electron chi connectivity index (χ1n) is 5.13. The van der Waals surface area contributed by atoms with Crippen LogP contribution in [0.5, 0.6) is 5.75 Å². The van der Waals surface area contributed by atoms with Gasteiger partial charge in [-0.2, -0.15) is 0 Å². The zero-order valence-corrected chi connectivity index (χ0v) is 11.9. The first-order chi connectivity index (χ1) is 8.52. The first-order valence-corrected chi connectivity index (χ1v) is 6.21. The number of benzene rings is 1. The van der Waals surface area contributed by atoms with Crippen molar-refractivity contribution in [2.45, 2.75) is 6.92 Å². The van der Waals surface area contributed by atoms with Crippen molar-refractivity contribution < 1.29 is 9.13 Å². The number of rotatable bonds is 2. The molecule has 6 heteroatoms. The first kappa shape index (κ1) is 13.0. The van der Waals surface area contributed by atoms with Gasteiger partial charge in [0, 0.05) is 5.56 Å². The lowest BCUT2D eigenvalue weighted by atomic mass is 10.2. The number of methoxy groups -OCH3 is 1. The highest BCUT2D eigenvalue weighted by atomic mass is 127. The Bertz CT molecular complexity index is 655. The fourth-order valence-corrected chi connectivity index (χ4v) is 1.77. The van der Waals surface area contributed by atoms with E-state index in [4.69, 9.17) is 4.74 Å². The molecule has 0 aliphatic carbocycles. The molecule has 0 spiro atoms. The normalized spacial score (nSPS) is 10.4. The van der Waals surface area contributed by atoms with Gasteiger partial charge in [0.15, 0.2) is 11.6 Å². The Hall–Kier alpha value is -1.44. The molecule has 94 valence electrons. The van der Waals surface area contributed by atoms with Crippen LogP contribution in [0.2, 0.25) is 0 Å². The quantitative estimate of drug-likeness (QED) is 0.838. The molecule has 1 heterocycles. The molecule has 0 bridgehead atoms. The van der Waals surface area contributed by atoms with Gasteiger partial charge in [0.05, 0.1) is 16.4 Å². The average Bonchev–Trinajstić information content (AvgIpc) is 2.36. The molecule has 0 radical (unpaired) electrons. The van der Waals surface area contributed by atoms with Gasteiger partial charge in [-0.15, -0.1) is 0 Å². The Balaban J connectivity index is 2.59. The van der Waals surface area contributed by atoms with Crippen LogP contribution >= 0.6 is 22.6 Å². The third kappa shape index (κ3) is 2.38. The molecule has 0 saturated heterocycles. The summed E-state index contributed by atoms with van der Waals surface area (Å²) < 4.78 is 18.7. The molecule has 4 nitrogen and oxygen atoms in total. The second-order valence-electron chi connectivity index (χ2n) is 3.66. The summed E-state index contributed by atoms with van der Waals surface area (Å²) >= 11 is 1.93. The van der Waals surface area contributed by atoms with Crippen LogP contribution in [0, 0.1) is 16.3 Å². The molecule has 2 rings (SSSR count). The molecule has 0 aliphatic heterocycles. The molecule has 0 amide bonds. The Kier molecular flexibility index (Phi) is 3.65. The number of aromatic amines is 1. The maximum absolute atomic E-state index is 13.3. The highest BCUT2D eigenvalue weighted by Gasteiger charge is 2.10. The number of hydrogen-bond donors (Lipinski definition) is 1. The molecule has 2 aromatic rings. The van der Waals surface area contributed by atoms with Gasteiger partial charge in [0.2, 0.25) is 0 Å². The van der Waals surface area contributed by atoms with Gasteiger partial charge in [0.25, 0.3) is 5.56 Å². The minimum absolute atomic E-state index is 0.117. The van der Waals surface area contributed by atoms with Crippen LogP contribution in [-0.2, 0) is 0 Å². The minimum Gasteiger partial charge on any atom is -0.494 e. The van der Waals surface area contributed by atoms with E-state index in [-0.39, 0.29) is 11.3 Å². The summed E-state index contributed by atoms with van der Waals surface area (Å²) in [6, 6.07) is 4.32. The summed E-state index contributed by atoms with van der Waals surface area (Å²) in [4.78, 5) is 18.6. The predicted octanol–water partition coefficient (Wildman–Crippen LogP) is 2.50. The van der Waals surface area contributed by atoms with Crippen LogP contribution in [-0.4, -0.2) is 17.1 Å². The zero-order valence-electron chi connectivity index (χ0n) is 9.75. The smallest absolute Gasteiger partial charge is 0.264 e. The van der Waals surface area contributed by atoms with Gasteiger partial charge < -0.3 is 9.72 Å². The van der Waals surface area contributed by atoms with Crippen LogP contribution < -0.4 is 10.3 Å². The molecule has 0 unspecified atom stereocenters. The third-order valence-electron chi connectivity index (χ3n) is 2.45. The third-order valence-corrected chi connectivity index (χ3v) is 3.72. The summed E-state index contributed by atoms with van der Waals surface area (Å²) in [7, 11) is 1.39. The number of nitrogens with zero attached hydrogens (tertiary/aromatic N) is 1. The predicted molar refractivity (Wildman–Crippen MR) is 74.3 cm³/mol. The molecule has 0 atom stereocenters. The zero-order chi connectivity index (χ0) is 13.3. The van der Waals surface area contributed by atoms with E-state index < -0.39 is 5.82 Å². The number of nitrogens with one attached hydrogen (secondary N) is 1. The average molecular weight is 360 g/mol. The Morgan fingerprint density at radius 1 is 1.44 bits per heavy atom. The van der Waals surface area contributed by atoms with Crippen molar-refractivity contribution in [2.24, 2.45) is 0 Å². The minimum atomic E-state index is -0.453. The van der Waals surface area contributed by atoms with E-state index >= 15 is 0 Å². The van der Waals surface area contributed by atoms with Crippen molar-refractivity contribution in [3.8, 4) is 17.1 Å². The lowest BCUT2D eigenvalue weighted by Gasteiger charge is -2.06. The molecule has 0 aliphatic rings. The van der Waals surface area contributed by atoms with E-state index in [2.05, 4.69) is 9.97 Å². The van der Waals surface area contributed by atoms with Crippen molar-refractivity contribution in [3.05, 3.63) is 43.6 Å². The second-order valence-corrected chi connectivity index (χ2v) is 4.74. The fraction of sp³-hybridized carbons (Fsp3) is 0.167. The molecule has 1 aromatic heterocycles. The monoisotopic (exact) mass is 360 g/mol. The Labute approximate surface area is 116 Å². The lowest BCUT2D eigenvalue weighted by molar-refractivity contribution is 0.386. The topological polar surface area (TPSA) is 55.0 Å². The number of aryl methyl sites for hydroxylation is 1. The summed E-state index contributed by atoms with van der Waals surface area (Å²) in [6.07, 6.45) is 0. The van der Waals surface area contributed by atoms with Gasteiger partial charge in [0.1, 0.15) is 5.82 Å². The van der Waals surface area contributed by atoms with E-state index in [9.17, 15) is 9.18 Å². The highest BCUT2D eigenvalue weighted by Crippen LogP contribution is 2.23. The van der Waals surface area contributed by atoms with E-state index in [0.717, 1.165) is 0 Å². The van der Waals surface area contributed by atoms with Gasteiger partial charge in [-0.05, 0) is 47.7 Å². The van der Waals surface area contributed by atoms with E-state index in [1.807, 2.05) is 22.6 Å². The molecular weight excluding hydrogens is 350 g/mol. The molecular formula is C12H10FIN2O2. The van der Waals surface area contributed by atoms with E-state index in [1.165, 1.54) is 19.2 Å². The maximum atomic E-state index is 13.3. The van der Waals surface area contributed by atoms with Crippen LogP contribution in [0.25, 0.3) is 11.4 Å². The van der Waals surface area contributed by atoms with Crippen molar-refractivity contribution in [1.82, 2.24) is 9.97 Å². The summed E-state index contributed by atoms with van der Waals surface area (Å²) in [5, 5.41) is 0. The molecule has 0 saturated carbocycles. The van der Waals surface area contributed by atoms with E-state index in [1.54, 1.807) is 13.0 Å². The molecule has 1 N–H and O–H groups in total. The lowest BCUT2D eigenvalue weighted by Crippen LogP contribution is -2.14. The second kappa shape index (κ2) is 5.05. The maximum Gasteiger partial charge on any atom is 0.264 e. The molecule has 18 heavy (non-hydrogen) atoms. The highest BCUT2D eigenvalue weighted by molar-refractivity contribution is 14.1. The largest absolute Gasteiger partial charge is 0.494 e. The summed E-state index contributed by atoms with van der Waals surface area (Å²) in [6.45, 7) is 1.75. The number of hydrogen-bond acceptors (Lipinski definition) is 3. The van der Waals surface area contributed by atoms with Crippen LogP contribution in [0.1, 0.15) is 5.69 Å². The van der Waals surface area contributed by atoms with E-state index in [0.29, 0.717) is 20.7 Å². The number of ether oxygens (including phenoxy) is 1. The Morgan fingerprint density at radius 2 is 2.17 bits per heavy atom. The fourth-order valence-electron chi connectivity index (χ4n) is 1.52. The molecule has 0 fully saturated rings. The summed E-state index contributed by atoms with van der Waals surface area (Å²) in [5.41, 5.74) is 1.03. The van der Waals surface area contributed by atoms with Crippen LogP contribution in [0.3, 0.4) is 0 Å². The number of aromatic nitrogens is 2. The molecule has 1 aromatic carbocycles. The Morgan fingerprint density at radius 3 is 2.78 bits per heavy atom. The van der Waals surface area contributed by atoms with Crippen molar-refractivity contribution in [2.75, 3.05) is 7.11 Å². The van der Waals surface area contributed by atoms with Gasteiger partial charge in [-0.3, -0.25) is 4.79 Å². The number of halogens is 2. The van der Waals surface area contributed by atoms with Gasteiger partial charge >= 0.3 is 0 Å². The summed E-state index contributed by atoms with van der Waals surface area (Å²) in [5.74, 6) is 0.0633. The van der Waals surface area contributed by atoms with Crippen molar-refractivity contribution in [3.63, 3.8) is 0 Å². The van der Waals surface area contributed by atoms with Crippen molar-refractivity contribution in [1.29, 1.82) is 0 Å².